The van der Waals surface area contributed by atoms with Gasteiger partial charge in [-0.1, -0.05) is 29.4 Å². The van der Waals surface area contributed by atoms with E-state index in [0.29, 0.717) is 0 Å². The average molecular weight is 199 g/mol. The van der Waals surface area contributed by atoms with E-state index in [4.69, 9.17) is 4.74 Å². The minimum atomic E-state index is 0.902. The lowest BCUT2D eigenvalue weighted by molar-refractivity contribution is 0.415. The van der Waals surface area contributed by atoms with Crippen molar-refractivity contribution in [1.29, 1.82) is 0 Å². The van der Waals surface area contributed by atoms with Crippen LogP contribution in [0.25, 0.3) is 5.57 Å². The number of hydrogen-bond donors (Lipinski definition) is 0. The molecule has 0 aliphatic heterocycles. The highest BCUT2D eigenvalue weighted by Crippen LogP contribution is 2.31. The Balaban J connectivity index is 2.34. The van der Waals surface area contributed by atoms with E-state index in [1.54, 1.807) is 7.11 Å². The second kappa shape index (κ2) is 3.93. The van der Waals surface area contributed by atoms with Gasteiger partial charge in [-0.25, -0.2) is 0 Å². The van der Waals surface area contributed by atoms with Crippen molar-refractivity contribution in [3.8, 4) is 5.75 Å². The molecule has 0 saturated heterocycles. The Hall–Kier alpha value is -1.50. The van der Waals surface area contributed by atoms with Crippen molar-refractivity contribution in [2.24, 2.45) is 0 Å². The first-order valence-corrected chi connectivity index (χ1v) is 5.09. The lowest BCUT2D eigenvalue weighted by Gasteiger charge is -2.04. The zero-order valence-corrected chi connectivity index (χ0v) is 9.37. The van der Waals surface area contributed by atoms with Crippen molar-refractivity contribution in [2.75, 3.05) is 7.11 Å². The Morgan fingerprint density at radius 2 is 1.67 bits per heavy atom. The quantitative estimate of drug-likeness (QED) is 0.706. The van der Waals surface area contributed by atoms with Crippen molar-refractivity contribution < 1.29 is 4.74 Å². The molecule has 0 amide bonds. The lowest BCUT2D eigenvalue weighted by Crippen LogP contribution is -1.85. The Bertz CT molecular complexity index is 421. The monoisotopic (exact) mass is 199 g/mol. The van der Waals surface area contributed by atoms with Crippen molar-refractivity contribution in [3.63, 3.8) is 0 Å². The molecule has 0 fully saturated rings. The fourth-order valence-electron chi connectivity index (χ4n) is 1.88. The number of rotatable bonds is 2. The molecule has 0 bridgehead atoms. The predicted octanol–water partition coefficient (Wildman–Crippen LogP) is 3.63. The maximum atomic E-state index is 5.14. The second-order valence-electron chi connectivity index (χ2n) is 3.86. The standard InChI is InChI=1S/C14H15O/c1-10-8-11(2)14(9-10)12-4-6-13(15-3)7-5-12/h4-9H,1-3H3. The van der Waals surface area contributed by atoms with Crippen molar-refractivity contribution >= 4 is 5.57 Å². The molecule has 1 aliphatic rings. The van der Waals surface area contributed by atoms with Gasteiger partial charge in [-0.3, -0.25) is 0 Å². The highest BCUT2D eigenvalue weighted by molar-refractivity contribution is 5.83. The minimum absolute atomic E-state index is 0.902. The maximum Gasteiger partial charge on any atom is 0.118 e. The zero-order chi connectivity index (χ0) is 10.8. The van der Waals surface area contributed by atoms with Crippen LogP contribution in [-0.4, -0.2) is 7.11 Å². The summed E-state index contributed by atoms with van der Waals surface area (Å²) in [4.78, 5) is 0. The molecule has 0 N–H and O–H groups in total. The Morgan fingerprint density at radius 3 is 2.13 bits per heavy atom. The molecule has 15 heavy (non-hydrogen) atoms. The SMILES string of the molecule is COc1ccc(C2=C(C)[CH]C(C)=C2)cc1. The van der Waals surface area contributed by atoms with Crippen LogP contribution < -0.4 is 4.74 Å². The van der Waals surface area contributed by atoms with Gasteiger partial charge in [-0.05, 0) is 37.1 Å². The molecule has 2 rings (SSSR count). The largest absolute Gasteiger partial charge is 0.497 e. The molecule has 1 radical (unpaired) electrons. The predicted molar refractivity (Wildman–Crippen MR) is 63.6 cm³/mol. The van der Waals surface area contributed by atoms with Crippen LogP contribution in [0.3, 0.4) is 0 Å². The molecule has 0 saturated carbocycles. The first-order valence-electron chi connectivity index (χ1n) is 5.09. The van der Waals surface area contributed by atoms with Crippen molar-refractivity contribution in [2.45, 2.75) is 13.8 Å². The van der Waals surface area contributed by atoms with Gasteiger partial charge in [0, 0.05) is 6.42 Å². The van der Waals surface area contributed by atoms with E-state index in [1.165, 1.54) is 22.3 Å². The zero-order valence-electron chi connectivity index (χ0n) is 9.37. The summed E-state index contributed by atoms with van der Waals surface area (Å²) in [6.45, 7) is 4.27. The fourth-order valence-corrected chi connectivity index (χ4v) is 1.88. The molecule has 1 heteroatoms. The van der Waals surface area contributed by atoms with E-state index in [9.17, 15) is 0 Å². The van der Waals surface area contributed by atoms with Gasteiger partial charge in [0.25, 0.3) is 0 Å². The third kappa shape index (κ3) is 1.96. The van der Waals surface area contributed by atoms with Crippen LogP contribution in [0.5, 0.6) is 5.75 Å². The number of methoxy groups -OCH3 is 1. The normalized spacial score (nSPS) is 15.5. The molecular formula is C14H15O. The van der Waals surface area contributed by atoms with E-state index in [-0.39, 0.29) is 0 Å². The van der Waals surface area contributed by atoms with Crippen molar-refractivity contribution in [3.05, 3.63) is 53.5 Å². The van der Waals surface area contributed by atoms with Crippen molar-refractivity contribution in [1.82, 2.24) is 0 Å². The summed E-state index contributed by atoms with van der Waals surface area (Å²) >= 11 is 0. The first-order chi connectivity index (χ1) is 7.20. The number of hydrogen-bond acceptors (Lipinski definition) is 1. The molecule has 0 unspecified atom stereocenters. The summed E-state index contributed by atoms with van der Waals surface area (Å²) in [7, 11) is 1.69. The smallest absolute Gasteiger partial charge is 0.118 e. The molecule has 0 spiro atoms. The topological polar surface area (TPSA) is 9.23 Å². The number of benzene rings is 1. The molecular weight excluding hydrogens is 184 g/mol. The molecule has 1 aliphatic carbocycles. The third-order valence-corrected chi connectivity index (χ3v) is 2.64. The summed E-state index contributed by atoms with van der Waals surface area (Å²) < 4.78 is 5.14. The van der Waals surface area contributed by atoms with Crippen LogP contribution in [0, 0.1) is 6.42 Å². The molecule has 1 aromatic carbocycles. The van der Waals surface area contributed by atoms with E-state index < -0.39 is 0 Å². The number of ether oxygens (including phenoxy) is 1. The second-order valence-corrected chi connectivity index (χ2v) is 3.86. The minimum Gasteiger partial charge on any atom is -0.497 e. The van der Waals surface area contributed by atoms with Crippen LogP contribution in [0.2, 0.25) is 0 Å². The highest BCUT2D eigenvalue weighted by atomic mass is 16.5. The summed E-state index contributed by atoms with van der Waals surface area (Å²) in [5.41, 5.74) is 5.22. The molecule has 1 nitrogen and oxygen atoms in total. The van der Waals surface area contributed by atoms with Crippen LogP contribution >= 0.6 is 0 Å². The Labute approximate surface area is 91.1 Å². The summed E-state index contributed by atoms with van der Waals surface area (Å²) in [6.07, 6.45) is 4.43. The van der Waals surface area contributed by atoms with Crippen LogP contribution in [0.15, 0.2) is 41.5 Å². The van der Waals surface area contributed by atoms with Crippen LogP contribution in [0.4, 0.5) is 0 Å². The highest BCUT2D eigenvalue weighted by Gasteiger charge is 2.11. The third-order valence-electron chi connectivity index (χ3n) is 2.64. The average Bonchev–Trinajstić information content (AvgIpc) is 2.58. The summed E-state index contributed by atoms with van der Waals surface area (Å²) in [5.74, 6) is 0.902. The number of allylic oxidation sites excluding steroid dienone is 4. The van der Waals surface area contributed by atoms with Gasteiger partial charge in [0.15, 0.2) is 0 Å². The molecule has 77 valence electrons. The van der Waals surface area contributed by atoms with E-state index in [2.05, 4.69) is 38.5 Å². The summed E-state index contributed by atoms with van der Waals surface area (Å²) in [5, 5.41) is 0. The Kier molecular flexibility index (Phi) is 2.63. The Morgan fingerprint density at radius 1 is 1.00 bits per heavy atom. The van der Waals surface area contributed by atoms with Crippen LogP contribution in [-0.2, 0) is 0 Å². The molecule has 0 aromatic heterocycles. The summed E-state index contributed by atoms with van der Waals surface area (Å²) in [6, 6.07) is 8.19. The molecule has 0 heterocycles. The van der Waals surface area contributed by atoms with Gasteiger partial charge in [-0.2, -0.15) is 0 Å². The van der Waals surface area contributed by atoms with Gasteiger partial charge in [0.05, 0.1) is 7.11 Å². The van der Waals surface area contributed by atoms with Gasteiger partial charge in [0.1, 0.15) is 5.75 Å². The van der Waals surface area contributed by atoms with Gasteiger partial charge >= 0.3 is 0 Å². The first kappa shape index (κ1) is 10.0. The van der Waals surface area contributed by atoms with Crippen LogP contribution in [0.1, 0.15) is 19.4 Å². The van der Waals surface area contributed by atoms with Gasteiger partial charge < -0.3 is 4.74 Å². The van der Waals surface area contributed by atoms with Gasteiger partial charge in [0.2, 0.25) is 0 Å². The van der Waals surface area contributed by atoms with E-state index >= 15 is 0 Å². The maximum absolute atomic E-state index is 5.14. The fraction of sp³-hybridized carbons (Fsp3) is 0.214. The van der Waals surface area contributed by atoms with Gasteiger partial charge in [-0.15, -0.1) is 0 Å². The lowest BCUT2D eigenvalue weighted by atomic mass is 10.0. The molecule has 0 atom stereocenters. The van der Waals surface area contributed by atoms with E-state index in [1.807, 2.05) is 12.1 Å². The molecule has 1 aromatic rings. The van der Waals surface area contributed by atoms with E-state index in [0.717, 1.165) is 5.75 Å².